The first-order valence-electron chi connectivity index (χ1n) is 3.26. The monoisotopic (exact) mass is 156 g/mol. The zero-order valence-electron chi connectivity index (χ0n) is 7.01. The van der Waals surface area contributed by atoms with Crippen molar-refractivity contribution in [1.82, 2.24) is 0 Å². The second-order valence-corrected chi connectivity index (χ2v) is 3.07. The molecule has 0 unspecified atom stereocenters. The van der Waals surface area contributed by atoms with E-state index in [1.54, 1.807) is 20.8 Å². The molecule has 0 radical (unpaired) electrons. The summed E-state index contributed by atoms with van der Waals surface area (Å²) in [6, 6.07) is 0. The molecule has 3 nitrogen and oxygen atoms in total. The smallest absolute Gasteiger partial charge is 0.379 e. The molecule has 62 valence electrons. The third-order valence-corrected chi connectivity index (χ3v) is 0.785. The maximum atomic E-state index is 10.7. The van der Waals surface area contributed by atoms with E-state index in [9.17, 15) is 9.59 Å². The van der Waals surface area contributed by atoms with Crippen LogP contribution < -0.4 is 0 Å². The van der Waals surface area contributed by atoms with Crippen LogP contribution in [0.1, 0.15) is 20.8 Å². The zero-order chi connectivity index (χ0) is 9.07. The Hall–Kier alpha value is -1.12. The van der Waals surface area contributed by atoms with Gasteiger partial charge < -0.3 is 4.74 Å². The molecule has 0 amide bonds. The Balaban J connectivity index is 4.09. The summed E-state index contributed by atoms with van der Waals surface area (Å²) in [5.74, 6) is -1.56. The van der Waals surface area contributed by atoms with Crippen molar-refractivity contribution in [2.45, 2.75) is 26.4 Å². The van der Waals surface area contributed by atoms with Crippen LogP contribution in [0.5, 0.6) is 0 Å². The minimum Gasteiger partial charge on any atom is -0.454 e. The van der Waals surface area contributed by atoms with Crippen LogP contribution in [0, 0.1) is 0 Å². The molecule has 3 heteroatoms. The Bertz CT molecular complexity index is 186. The molecule has 0 bridgehead atoms. The van der Waals surface area contributed by atoms with Crippen LogP contribution >= 0.6 is 0 Å². The van der Waals surface area contributed by atoms with Crippen LogP contribution in [0.25, 0.3) is 0 Å². The van der Waals surface area contributed by atoms with Crippen LogP contribution in [-0.4, -0.2) is 17.4 Å². The van der Waals surface area contributed by atoms with Crippen LogP contribution in [0.3, 0.4) is 0 Å². The van der Waals surface area contributed by atoms with E-state index in [4.69, 9.17) is 4.74 Å². The molecule has 0 aliphatic carbocycles. The summed E-state index contributed by atoms with van der Waals surface area (Å²) in [6.45, 7) is 8.25. The van der Waals surface area contributed by atoms with Crippen LogP contribution in [-0.2, 0) is 14.3 Å². The van der Waals surface area contributed by atoms with Crippen molar-refractivity contribution in [3.63, 3.8) is 0 Å². The molecule has 0 aromatic carbocycles. The van der Waals surface area contributed by atoms with Crippen LogP contribution in [0.15, 0.2) is 12.7 Å². The number of ketones is 1. The Kier molecular flexibility index (Phi) is 2.99. The van der Waals surface area contributed by atoms with Gasteiger partial charge in [-0.25, -0.2) is 4.79 Å². The highest BCUT2D eigenvalue weighted by Gasteiger charge is 2.19. The normalized spacial score (nSPS) is 10.5. The summed E-state index contributed by atoms with van der Waals surface area (Å²) in [7, 11) is 0. The molecule has 0 fully saturated rings. The van der Waals surface area contributed by atoms with E-state index >= 15 is 0 Å². The van der Waals surface area contributed by atoms with Gasteiger partial charge in [0.2, 0.25) is 0 Å². The molecular weight excluding hydrogens is 144 g/mol. The predicted octanol–water partition coefficient (Wildman–Crippen LogP) is 1.08. The van der Waals surface area contributed by atoms with Gasteiger partial charge in [0.25, 0.3) is 5.78 Å². The molecule has 0 spiro atoms. The van der Waals surface area contributed by atoms with Gasteiger partial charge in [-0.15, -0.1) is 0 Å². The molecule has 0 rings (SSSR count). The molecule has 0 aromatic heterocycles. The van der Waals surface area contributed by atoms with E-state index in [0.29, 0.717) is 0 Å². The lowest BCUT2D eigenvalue weighted by molar-refractivity contribution is -0.160. The second kappa shape index (κ2) is 3.32. The maximum absolute atomic E-state index is 10.7. The first-order chi connectivity index (χ1) is 4.87. The topological polar surface area (TPSA) is 43.4 Å². The third kappa shape index (κ3) is 4.31. The summed E-state index contributed by atoms with van der Waals surface area (Å²) in [4.78, 5) is 21.3. The third-order valence-electron chi connectivity index (χ3n) is 0.785. The molecule has 0 atom stereocenters. The van der Waals surface area contributed by atoms with Crippen molar-refractivity contribution in [2.24, 2.45) is 0 Å². The highest BCUT2D eigenvalue weighted by Crippen LogP contribution is 2.06. The minimum atomic E-state index is -0.854. The quantitative estimate of drug-likeness (QED) is 0.341. The van der Waals surface area contributed by atoms with Gasteiger partial charge in [-0.05, 0) is 26.8 Å². The average molecular weight is 156 g/mol. The van der Waals surface area contributed by atoms with Crippen molar-refractivity contribution < 1.29 is 14.3 Å². The fraction of sp³-hybridized carbons (Fsp3) is 0.500. The van der Waals surface area contributed by atoms with Gasteiger partial charge in [-0.1, -0.05) is 6.58 Å². The number of carbonyl (C=O) groups is 2. The standard InChI is InChI=1S/C8H12O3/c1-5-6(9)7(10)11-8(2,3)4/h5H,1H2,2-4H3. The highest BCUT2D eigenvalue weighted by atomic mass is 16.6. The first kappa shape index (κ1) is 9.88. The van der Waals surface area contributed by atoms with Gasteiger partial charge in [-0.2, -0.15) is 0 Å². The Morgan fingerprint density at radius 1 is 1.36 bits per heavy atom. The van der Waals surface area contributed by atoms with Gasteiger partial charge in [0.1, 0.15) is 5.60 Å². The average Bonchev–Trinajstić information content (AvgIpc) is 1.82. The number of esters is 1. The van der Waals surface area contributed by atoms with E-state index in [1.807, 2.05) is 0 Å². The SMILES string of the molecule is C=CC(=O)C(=O)OC(C)(C)C. The van der Waals surface area contributed by atoms with E-state index < -0.39 is 17.4 Å². The number of hydrogen-bond donors (Lipinski definition) is 0. The lowest BCUT2D eigenvalue weighted by Crippen LogP contribution is -2.27. The van der Waals surface area contributed by atoms with Crippen LogP contribution in [0.2, 0.25) is 0 Å². The minimum absolute atomic E-state index is 0.615. The molecule has 0 heterocycles. The maximum Gasteiger partial charge on any atom is 0.379 e. The molecule has 11 heavy (non-hydrogen) atoms. The van der Waals surface area contributed by atoms with Crippen molar-refractivity contribution in [2.75, 3.05) is 0 Å². The van der Waals surface area contributed by atoms with E-state index in [-0.39, 0.29) is 0 Å². The molecule has 0 N–H and O–H groups in total. The number of ether oxygens (including phenoxy) is 1. The largest absolute Gasteiger partial charge is 0.454 e. The van der Waals surface area contributed by atoms with E-state index in [2.05, 4.69) is 6.58 Å². The Morgan fingerprint density at radius 2 is 1.82 bits per heavy atom. The van der Waals surface area contributed by atoms with Crippen molar-refractivity contribution >= 4 is 11.8 Å². The lowest BCUT2D eigenvalue weighted by Gasteiger charge is -2.17. The van der Waals surface area contributed by atoms with Crippen molar-refractivity contribution in [3.8, 4) is 0 Å². The Labute approximate surface area is 66.0 Å². The van der Waals surface area contributed by atoms with Gasteiger partial charge >= 0.3 is 5.97 Å². The fourth-order valence-electron chi connectivity index (χ4n) is 0.412. The van der Waals surface area contributed by atoms with Crippen molar-refractivity contribution in [1.29, 1.82) is 0 Å². The number of rotatable bonds is 2. The second-order valence-electron chi connectivity index (χ2n) is 3.07. The highest BCUT2D eigenvalue weighted by molar-refractivity contribution is 6.38. The first-order valence-corrected chi connectivity index (χ1v) is 3.26. The molecule has 0 saturated heterocycles. The van der Waals surface area contributed by atoms with Crippen LogP contribution in [0.4, 0.5) is 0 Å². The van der Waals surface area contributed by atoms with Gasteiger partial charge in [0.15, 0.2) is 0 Å². The number of hydrogen-bond acceptors (Lipinski definition) is 3. The summed E-state index contributed by atoms with van der Waals surface area (Å²) >= 11 is 0. The van der Waals surface area contributed by atoms with E-state index in [0.717, 1.165) is 6.08 Å². The summed E-state index contributed by atoms with van der Waals surface area (Å²) < 4.78 is 4.73. The van der Waals surface area contributed by atoms with Gasteiger partial charge in [-0.3, -0.25) is 4.79 Å². The molecule has 0 aromatic rings. The predicted molar refractivity (Wildman–Crippen MR) is 41.0 cm³/mol. The summed E-state index contributed by atoms with van der Waals surface area (Å²) in [5, 5.41) is 0. The zero-order valence-corrected chi connectivity index (χ0v) is 7.01. The Morgan fingerprint density at radius 3 is 2.09 bits per heavy atom. The van der Waals surface area contributed by atoms with Crippen molar-refractivity contribution in [3.05, 3.63) is 12.7 Å². The molecule has 0 saturated carbocycles. The van der Waals surface area contributed by atoms with E-state index in [1.165, 1.54) is 0 Å². The summed E-state index contributed by atoms with van der Waals surface area (Å²) in [6.07, 6.45) is 0.939. The molecule has 0 aliphatic heterocycles. The fourth-order valence-corrected chi connectivity index (χ4v) is 0.412. The number of carbonyl (C=O) groups excluding carboxylic acids is 2. The molecule has 0 aliphatic rings. The van der Waals surface area contributed by atoms with Gasteiger partial charge in [0, 0.05) is 0 Å². The summed E-state index contributed by atoms with van der Waals surface area (Å²) in [5.41, 5.74) is -0.615. The lowest BCUT2D eigenvalue weighted by atomic mass is 10.2. The van der Waals surface area contributed by atoms with Gasteiger partial charge in [0.05, 0.1) is 0 Å². The molecular formula is C8H12O3.